The largest absolute Gasteiger partial charge is 0.348 e. The highest BCUT2D eigenvalue weighted by molar-refractivity contribution is 6.00. The predicted molar refractivity (Wildman–Crippen MR) is 99.4 cm³/mol. The maximum absolute atomic E-state index is 13.2. The van der Waals surface area contributed by atoms with Gasteiger partial charge in [0, 0.05) is 31.8 Å². The van der Waals surface area contributed by atoms with Crippen LogP contribution in [0.25, 0.3) is 11.4 Å². The van der Waals surface area contributed by atoms with Crippen LogP contribution in [-0.2, 0) is 13.0 Å². The Bertz CT molecular complexity index is 1040. The van der Waals surface area contributed by atoms with Crippen LogP contribution in [0.5, 0.6) is 0 Å². The van der Waals surface area contributed by atoms with Crippen molar-refractivity contribution in [2.24, 2.45) is 0 Å². The van der Waals surface area contributed by atoms with Gasteiger partial charge in [0.15, 0.2) is 5.82 Å². The minimum absolute atomic E-state index is 0.124. The summed E-state index contributed by atoms with van der Waals surface area (Å²) >= 11 is 0. The van der Waals surface area contributed by atoms with E-state index in [1.165, 1.54) is 6.33 Å². The van der Waals surface area contributed by atoms with Gasteiger partial charge in [-0.15, -0.1) is 0 Å². The minimum Gasteiger partial charge on any atom is -0.348 e. The number of aromatic amines is 2. The molecule has 3 aromatic rings. The molecule has 1 amide bonds. The van der Waals surface area contributed by atoms with Gasteiger partial charge in [0.2, 0.25) is 5.95 Å². The van der Waals surface area contributed by atoms with E-state index in [0.29, 0.717) is 53.7 Å². The maximum atomic E-state index is 13.2. The quantitative estimate of drug-likeness (QED) is 0.711. The molecule has 2 aromatic heterocycles. The van der Waals surface area contributed by atoms with Gasteiger partial charge in [0.05, 0.1) is 17.8 Å². The number of H-pyrrole nitrogens is 2. The number of anilines is 1. The van der Waals surface area contributed by atoms with E-state index in [4.69, 9.17) is 0 Å². The molecule has 27 heavy (non-hydrogen) atoms. The first-order valence-corrected chi connectivity index (χ1v) is 8.58. The van der Waals surface area contributed by atoms with Crippen molar-refractivity contribution in [2.45, 2.75) is 13.0 Å². The van der Waals surface area contributed by atoms with Crippen molar-refractivity contribution in [3.8, 4) is 11.4 Å². The Balaban J connectivity index is 1.67. The number of carbonyl (C=O) groups is 1. The van der Waals surface area contributed by atoms with Crippen LogP contribution in [0.15, 0.2) is 35.4 Å². The van der Waals surface area contributed by atoms with Crippen LogP contribution in [0.1, 0.15) is 21.6 Å². The lowest BCUT2D eigenvalue weighted by Crippen LogP contribution is -2.39. The fourth-order valence-corrected chi connectivity index (χ4v) is 3.19. The molecule has 9 heteroatoms. The van der Waals surface area contributed by atoms with Gasteiger partial charge < -0.3 is 9.80 Å². The Morgan fingerprint density at radius 3 is 2.81 bits per heavy atom. The Labute approximate surface area is 155 Å². The third-order valence-corrected chi connectivity index (χ3v) is 4.60. The fourth-order valence-electron chi connectivity index (χ4n) is 3.19. The number of amides is 1. The molecular formula is C18H19N7O2. The molecule has 138 valence electrons. The van der Waals surface area contributed by atoms with Gasteiger partial charge in [-0.3, -0.25) is 19.7 Å². The minimum atomic E-state index is -0.141. The standard InChI is InChI=1S/C18H19N7O2/c1-24(2)18-21-14-9-25(8-7-13(14)16(26)22-18)17(27)12-6-4-3-5-11(12)15-19-10-20-23-15/h3-6,10H,7-9H2,1-2H3,(H,19,20,23)(H,21,22,26). The Kier molecular flexibility index (Phi) is 4.19. The van der Waals surface area contributed by atoms with E-state index in [9.17, 15) is 9.59 Å². The highest BCUT2D eigenvalue weighted by Crippen LogP contribution is 2.24. The molecule has 3 heterocycles. The van der Waals surface area contributed by atoms with Gasteiger partial charge in [-0.25, -0.2) is 9.97 Å². The zero-order valence-electron chi connectivity index (χ0n) is 15.1. The van der Waals surface area contributed by atoms with E-state index in [1.807, 2.05) is 32.3 Å². The summed E-state index contributed by atoms with van der Waals surface area (Å²) in [6, 6.07) is 7.27. The smallest absolute Gasteiger partial charge is 0.255 e. The van der Waals surface area contributed by atoms with Crippen molar-refractivity contribution >= 4 is 11.9 Å². The number of benzene rings is 1. The molecular weight excluding hydrogens is 346 g/mol. The molecule has 4 rings (SSSR count). The Morgan fingerprint density at radius 2 is 2.07 bits per heavy atom. The first-order valence-electron chi connectivity index (χ1n) is 8.58. The van der Waals surface area contributed by atoms with Crippen molar-refractivity contribution in [2.75, 3.05) is 25.5 Å². The van der Waals surface area contributed by atoms with Crippen molar-refractivity contribution in [3.63, 3.8) is 0 Å². The third-order valence-electron chi connectivity index (χ3n) is 4.60. The molecule has 0 saturated heterocycles. The van der Waals surface area contributed by atoms with Gasteiger partial charge in [-0.05, 0) is 12.5 Å². The second-order valence-electron chi connectivity index (χ2n) is 6.57. The molecule has 1 aliphatic rings. The molecule has 0 bridgehead atoms. The summed E-state index contributed by atoms with van der Waals surface area (Å²) in [6.07, 6.45) is 1.88. The average Bonchev–Trinajstić information content (AvgIpc) is 3.21. The third kappa shape index (κ3) is 3.07. The van der Waals surface area contributed by atoms with Gasteiger partial charge >= 0.3 is 0 Å². The molecule has 1 aromatic carbocycles. The number of aromatic nitrogens is 5. The van der Waals surface area contributed by atoms with E-state index in [2.05, 4.69) is 25.1 Å². The molecule has 0 radical (unpaired) electrons. The summed E-state index contributed by atoms with van der Waals surface area (Å²) in [7, 11) is 3.62. The van der Waals surface area contributed by atoms with Crippen molar-refractivity contribution in [3.05, 3.63) is 57.8 Å². The molecule has 0 fully saturated rings. The molecule has 0 atom stereocenters. The molecule has 9 nitrogen and oxygen atoms in total. The lowest BCUT2D eigenvalue weighted by Gasteiger charge is -2.29. The highest BCUT2D eigenvalue weighted by atomic mass is 16.2. The second-order valence-corrected chi connectivity index (χ2v) is 6.57. The van der Waals surface area contributed by atoms with Gasteiger partial charge in [0.25, 0.3) is 11.5 Å². The number of fused-ring (bicyclic) bond motifs is 1. The number of hydrogen-bond acceptors (Lipinski definition) is 6. The second kappa shape index (κ2) is 6.67. The summed E-state index contributed by atoms with van der Waals surface area (Å²) in [5, 5.41) is 6.66. The maximum Gasteiger partial charge on any atom is 0.255 e. The molecule has 0 aliphatic carbocycles. The van der Waals surface area contributed by atoms with Crippen molar-refractivity contribution in [1.82, 2.24) is 30.0 Å². The Hall–Kier alpha value is -3.49. The number of nitrogens with one attached hydrogen (secondary N) is 2. The van der Waals surface area contributed by atoms with Crippen LogP contribution < -0.4 is 10.5 Å². The zero-order chi connectivity index (χ0) is 19.0. The van der Waals surface area contributed by atoms with Crippen molar-refractivity contribution < 1.29 is 4.79 Å². The van der Waals surface area contributed by atoms with Gasteiger partial charge in [-0.1, -0.05) is 18.2 Å². The van der Waals surface area contributed by atoms with Gasteiger partial charge in [0.1, 0.15) is 6.33 Å². The molecule has 0 saturated carbocycles. The normalized spacial score (nSPS) is 13.3. The number of hydrogen-bond donors (Lipinski definition) is 2. The number of carbonyl (C=O) groups excluding carboxylic acids is 1. The first kappa shape index (κ1) is 17.0. The predicted octanol–water partition coefficient (Wildman–Crippen LogP) is 0.819. The van der Waals surface area contributed by atoms with E-state index in [1.54, 1.807) is 15.9 Å². The topological polar surface area (TPSA) is 111 Å². The summed E-state index contributed by atoms with van der Waals surface area (Å²) in [5.74, 6) is 0.900. The van der Waals surface area contributed by atoms with Crippen LogP contribution in [0.2, 0.25) is 0 Å². The first-order chi connectivity index (χ1) is 13.0. The van der Waals surface area contributed by atoms with Crippen LogP contribution in [0.3, 0.4) is 0 Å². The average molecular weight is 365 g/mol. The molecule has 2 N–H and O–H groups in total. The van der Waals surface area contributed by atoms with Crippen LogP contribution in [-0.4, -0.2) is 56.6 Å². The lowest BCUT2D eigenvalue weighted by atomic mass is 10.0. The highest BCUT2D eigenvalue weighted by Gasteiger charge is 2.27. The lowest BCUT2D eigenvalue weighted by molar-refractivity contribution is 0.0732. The van der Waals surface area contributed by atoms with E-state index in [-0.39, 0.29) is 11.5 Å². The van der Waals surface area contributed by atoms with Gasteiger partial charge in [-0.2, -0.15) is 5.10 Å². The fraction of sp³-hybridized carbons (Fsp3) is 0.278. The summed E-state index contributed by atoms with van der Waals surface area (Å²) in [4.78, 5) is 40.4. The van der Waals surface area contributed by atoms with E-state index < -0.39 is 0 Å². The molecule has 1 aliphatic heterocycles. The van der Waals surface area contributed by atoms with E-state index in [0.717, 1.165) is 0 Å². The Morgan fingerprint density at radius 1 is 1.26 bits per heavy atom. The van der Waals surface area contributed by atoms with Crippen LogP contribution in [0.4, 0.5) is 5.95 Å². The molecule has 0 spiro atoms. The summed E-state index contributed by atoms with van der Waals surface area (Å²) in [5.41, 5.74) is 2.37. The molecule has 0 unspecified atom stereocenters. The van der Waals surface area contributed by atoms with Crippen LogP contribution in [0, 0.1) is 0 Å². The van der Waals surface area contributed by atoms with Crippen molar-refractivity contribution in [1.29, 1.82) is 0 Å². The van der Waals surface area contributed by atoms with E-state index >= 15 is 0 Å². The SMILES string of the molecule is CN(C)c1nc2c(c(=O)[nH]1)CCN(C(=O)c1ccccc1-c1ncn[nH]1)C2. The number of nitrogens with zero attached hydrogens (tertiary/aromatic N) is 5. The van der Waals surface area contributed by atoms with Crippen LogP contribution >= 0.6 is 0 Å². The number of rotatable bonds is 3. The summed E-state index contributed by atoms with van der Waals surface area (Å²) < 4.78 is 0. The zero-order valence-corrected chi connectivity index (χ0v) is 15.1. The summed E-state index contributed by atoms with van der Waals surface area (Å²) in [6.45, 7) is 0.756. The monoisotopic (exact) mass is 365 g/mol.